The zero-order valence-corrected chi connectivity index (χ0v) is 18.4. The standard InChI is InChI=1S/C23H27N3O3S/c1-16-9-4-6-11-18(16)24-21(27)15-20-22(28)26(13-8-14-29-3)23(30-20)25-19-12-7-5-10-17(19)2/h4-7,9-12,20H,8,13-15H2,1-3H3,(H,24,27)/t20-/m0/s1. The van der Waals surface area contributed by atoms with E-state index in [-0.39, 0.29) is 18.2 Å². The van der Waals surface area contributed by atoms with Gasteiger partial charge in [-0.25, -0.2) is 4.99 Å². The number of carbonyl (C=O) groups excluding carboxylic acids is 2. The maximum atomic E-state index is 13.0. The van der Waals surface area contributed by atoms with Crippen molar-refractivity contribution in [2.75, 3.05) is 25.6 Å². The lowest BCUT2D eigenvalue weighted by Gasteiger charge is -2.16. The molecule has 0 unspecified atom stereocenters. The zero-order chi connectivity index (χ0) is 21.5. The summed E-state index contributed by atoms with van der Waals surface area (Å²) in [4.78, 5) is 32.1. The third-order valence-corrected chi connectivity index (χ3v) is 6.05. The molecule has 1 aliphatic heterocycles. The molecule has 0 radical (unpaired) electrons. The summed E-state index contributed by atoms with van der Waals surface area (Å²) in [5.41, 5.74) is 3.62. The number of aryl methyl sites for hydroxylation is 2. The summed E-state index contributed by atoms with van der Waals surface area (Å²) in [7, 11) is 1.64. The number of ether oxygens (including phenoxy) is 1. The number of hydrogen-bond acceptors (Lipinski definition) is 5. The molecule has 30 heavy (non-hydrogen) atoms. The number of thioether (sulfide) groups is 1. The van der Waals surface area contributed by atoms with Crippen molar-refractivity contribution in [3.8, 4) is 0 Å². The SMILES string of the molecule is COCCCN1C(=O)[C@H](CC(=O)Nc2ccccc2C)SC1=Nc1ccccc1C. The Morgan fingerprint density at radius 3 is 2.53 bits per heavy atom. The van der Waals surface area contributed by atoms with Crippen molar-refractivity contribution in [3.05, 3.63) is 59.7 Å². The first-order valence-electron chi connectivity index (χ1n) is 9.96. The van der Waals surface area contributed by atoms with Crippen LogP contribution < -0.4 is 5.32 Å². The number of benzene rings is 2. The minimum absolute atomic E-state index is 0.0802. The van der Waals surface area contributed by atoms with Gasteiger partial charge in [-0.05, 0) is 43.5 Å². The van der Waals surface area contributed by atoms with Crippen molar-refractivity contribution in [3.63, 3.8) is 0 Å². The van der Waals surface area contributed by atoms with E-state index >= 15 is 0 Å². The van der Waals surface area contributed by atoms with Crippen molar-refractivity contribution < 1.29 is 14.3 Å². The fraction of sp³-hybridized carbons (Fsp3) is 0.348. The van der Waals surface area contributed by atoms with E-state index < -0.39 is 5.25 Å². The molecule has 3 rings (SSSR count). The first kappa shape index (κ1) is 22.1. The third kappa shape index (κ3) is 5.49. The van der Waals surface area contributed by atoms with Crippen LogP contribution in [0.3, 0.4) is 0 Å². The Bertz CT molecular complexity index is 945. The first-order chi connectivity index (χ1) is 14.5. The van der Waals surface area contributed by atoms with E-state index in [1.807, 2.05) is 62.4 Å². The lowest BCUT2D eigenvalue weighted by atomic mass is 10.2. The zero-order valence-electron chi connectivity index (χ0n) is 17.6. The average Bonchev–Trinajstić information content (AvgIpc) is 3.00. The molecule has 0 spiro atoms. The molecule has 0 aliphatic carbocycles. The van der Waals surface area contributed by atoms with Gasteiger partial charge in [-0.1, -0.05) is 48.2 Å². The normalized spacial score (nSPS) is 17.6. The number of aliphatic imine (C=N–C) groups is 1. The number of amides is 2. The van der Waals surface area contributed by atoms with Gasteiger partial charge in [0.1, 0.15) is 5.25 Å². The number of hydrogen-bond donors (Lipinski definition) is 1. The van der Waals surface area contributed by atoms with Gasteiger partial charge in [-0.3, -0.25) is 14.5 Å². The van der Waals surface area contributed by atoms with Gasteiger partial charge >= 0.3 is 0 Å². The highest BCUT2D eigenvalue weighted by atomic mass is 32.2. The number of nitrogens with zero attached hydrogens (tertiary/aromatic N) is 2. The van der Waals surface area contributed by atoms with Crippen LogP contribution in [-0.2, 0) is 14.3 Å². The Morgan fingerprint density at radius 1 is 1.13 bits per heavy atom. The topological polar surface area (TPSA) is 71.0 Å². The van der Waals surface area contributed by atoms with Crippen molar-refractivity contribution in [2.45, 2.75) is 31.9 Å². The predicted octanol–water partition coefficient (Wildman–Crippen LogP) is 4.30. The number of para-hydroxylation sites is 2. The van der Waals surface area contributed by atoms with Crippen LogP contribution >= 0.6 is 11.8 Å². The predicted molar refractivity (Wildman–Crippen MR) is 122 cm³/mol. The lowest BCUT2D eigenvalue weighted by molar-refractivity contribution is -0.128. The highest BCUT2D eigenvalue weighted by molar-refractivity contribution is 8.15. The van der Waals surface area contributed by atoms with Gasteiger partial charge in [-0.2, -0.15) is 0 Å². The highest BCUT2D eigenvalue weighted by Gasteiger charge is 2.39. The smallest absolute Gasteiger partial charge is 0.242 e. The number of methoxy groups -OCH3 is 1. The summed E-state index contributed by atoms with van der Waals surface area (Å²) in [6.45, 7) is 5.00. The summed E-state index contributed by atoms with van der Waals surface area (Å²) in [5.74, 6) is -0.257. The summed E-state index contributed by atoms with van der Waals surface area (Å²) in [6.07, 6.45) is 0.809. The van der Waals surface area contributed by atoms with Crippen molar-refractivity contribution in [1.82, 2.24) is 4.90 Å². The second kappa shape index (κ2) is 10.4. The van der Waals surface area contributed by atoms with Gasteiger partial charge < -0.3 is 10.1 Å². The number of amidine groups is 1. The molecule has 158 valence electrons. The number of rotatable bonds is 8. The van der Waals surface area contributed by atoms with Gasteiger partial charge in [0, 0.05) is 32.4 Å². The van der Waals surface area contributed by atoms with Crippen LogP contribution in [0.1, 0.15) is 24.0 Å². The van der Waals surface area contributed by atoms with Crippen LogP contribution in [0.25, 0.3) is 0 Å². The van der Waals surface area contributed by atoms with Crippen LogP contribution in [0.4, 0.5) is 11.4 Å². The molecule has 0 bridgehead atoms. The lowest BCUT2D eigenvalue weighted by Crippen LogP contribution is -2.34. The van der Waals surface area contributed by atoms with Gasteiger partial charge in [0.25, 0.3) is 0 Å². The van der Waals surface area contributed by atoms with Crippen LogP contribution in [0.5, 0.6) is 0 Å². The Balaban J connectivity index is 1.75. The van der Waals surface area contributed by atoms with E-state index in [2.05, 4.69) is 5.32 Å². The molecule has 1 fully saturated rings. The molecule has 2 aromatic rings. The summed E-state index contributed by atoms with van der Waals surface area (Å²) in [6, 6.07) is 15.4. The fourth-order valence-corrected chi connectivity index (χ4v) is 4.35. The molecule has 6 nitrogen and oxygen atoms in total. The molecule has 2 amide bonds. The molecule has 1 heterocycles. The van der Waals surface area contributed by atoms with E-state index in [0.717, 1.165) is 22.5 Å². The molecule has 0 saturated carbocycles. The molecule has 2 aromatic carbocycles. The Hall–Kier alpha value is -2.64. The third-order valence-electron chi connectivity index (χ3n) is 4.87. The highest BCUT2D eigenvalue weighted by Crippen LogP contribution is 2.33. The number of nitrogens with one attached hydrogen (secondary N) is 1. The van der Waals surface area contributed by atoms with Crippen LogP contribution in [0.15, 0.2) is 53.5 Å². The van der Waals surface area contributed by atoms with E-state index in [1.54, 1.807) is 12.0 Å². The maximum Gasteiger partial charge on any atom is 0.242 e. The second-order valence-electron chi connectivity index (χ2n) is 7.19. The quantitative estimate of drug-likeness (QED) is 0.640. The molecule has 1 saturated heterocycles. The summed E-state index contributed by atoms with van der Waals surface area (Å²) in [5, 5.41) is 3.07. The largest absolute Gasteiger partial charge is 0.385 e. The van der Waals surface area contributed by atoms with Gasteiger partial charge in [0.15, 0.2) is 5.17 Å². The van der Waals surface area contributed by atoms with Crippen molar-refractivity contribution in [1.29, 1.82) is 0 Å². The Kier molecular flexibility index (Phi) is 7.65. The Labute approximate surface area is 181 Å². The fourth-order valence-electron chi connectivity index (χ4n) is 3.17. The Morgan fingerprint density at radius 2 is 1.83 bits per heavy atom. The van der Waals surface area contributed by atoms with Crippen LogP contribution in [0, 0.1) is 13.8 Å². The maximum absolute atomic E-state index is 13.0. The van der Waals surface area contributed by atoms with Crippen LogP contribution in [-0.4, -0.2) is 47.4 Å². The van der Waals surface area contributed by atoms with E-state index in [4.69, 9.17) is 9.73 Å². The molecular formula is C23H27N3O3S. The number of anilines is 1. The molecule has 1 aliphatic rings. The van der Waals surface area contributed by atoms with Gasteiger partial charge in [-0.15, -0.1) is 0 Å². The minimum atomic E-state index is -0.487. The second-order valence-corrected chi connectivity index (χ2v) is 8.36. The van der Waals surface area contributed by atoms with E-state index in [0.29, 0.717) is 24.7 Å². The molecular weight excluding hydrogens is 398 g/mol. The van der Waals surface area contributed by atoms with E-state index in [9.17, 15) is 9.59 Å². The van der Waals surface area contributed by atoms with Gasteiger partial charge in [0.05, 0.1) is 5.69 Å². The number of carbonyl (C=O) groups is 2. The molecule has 1 atom stereocenters. The van der Waals surface area contributed by atoms with E-state index in [1.165, 1.54) is 11.8 Å². The first-order valence-corrected chi connectivity index (χ1v) is 10.8. The van der Waals surface area contributed by atoms with Crippen molar-refractivity contribution in [2.24, 2.45) is 4.99 Å². The van der Waals surface area contributed by atoms with Crippen LogP contribution in [0.2, 0.25) is 0 Å². The molecule has 7 heteroatoms. The molecule has 0 aromatic heterocycles. The van der Waals surface area contributed by atoms with Gasteiger partial charge in [0.2, 0.25) is 11.8 Å². The molecule has 1 N–H and O–H groups in total. The van der Waals surface area contributed by atoms with Crippen molar-refractivity contribution >= 4 is 40.1 Å². The minimum Gasteiger partial charge on any atom is -0.385 e. The monoisotopic (exact) mass is 425 g/mol. The summed E-state index contributed by atoms with van der Waals surface area (Å²) < 4.78 is 5.13. The average molecular weight is 426 g/mol. The summed E-state index contributed by atoms with van der Waals surface area (Å²) >= 11 is 1.36.